The lowest BCUT2D eigenvalue weighted by molar-refractivity contribution is 0.00761. The second-order valence-electron chi connectivity index (χ2n) is 6.13. The van der Waals surface area contributed by atoms with Gasteiger partial charge in [0.2, 0.25) is 0 Å². The number of nitrogens with zero attached hydrogens (tertiary/aromatic N) is 3. The number of halogens is 2. The molecule has 0 radical (unpaired) electrons. The molecule has 1 saturated carbocycles. The monoisotopic (exact) mass is 297 g/mol. The highest BCUT2D eigenvalue weighted by atomic mass is 19.3. The van der Waals surface area contributed by atoms with E-state index >= 15 is 0 Å². The average molecular weight is 297 g/mol. The number of piperidine rings is 1. The molecular weight excluding hydrogens is 272 g/mol. The summed E-state index contributed by atoms with van der Waals surface area (Å²) in [4.78, 5) is 10.1. The normalized spacial score (nSPS) is 28.1. The minimum absolute atomic E-state index is 0.383. The summed E-state index contributed by atoms with van der Waals surface area (Å²) in [6, 6.07) is 0.589. The molecule has 5 heteroatoms. The molecule has 1 aromatic rings. The van der Waals surface area contributed by atoms with E-state index < -0.39 is 5.92 Å². The summed E-state index contributed by atoms with van der Waals surface area (Å²) in [6.45, 7) is 11.5. The minimum Gasteiger partial charge on any atom is -0.300 e. The van der Waals surface area contributed by atoms with Gasteiger partial charge in [0, 0.05) is 38.4 Å². The maximum Gasteiger partial charge on any atom is 0.303 e. The molecule has 3 rings (SSSR count). The van der Waals surface area contributed by atoms with Crippen LogP contribution in [0.15, 0.2) is 12.4 Å². The molecule has 1 saturated heterocycles. The van der Waals surface area contributed by atoms with Gasteiger partial charge < -0.3 is 4.90 Å². The van der Waals surface area contributed by atoms with E-state index in [0.717, 1.165) is 25.6 Å². The van der Waals surface area contributed by atoms with Gasteiger partial charge in [-0.25, -0.2) is 9.97 Å². The highest BCUT2D eigenvalue weighted by molar-refractivity contribution is 5.27. The topological polar surface area (TPSA) is 29.0 Å². The summed E-state index contributed by atoms with van der Waals surface area (Å²) in [5, 5.41) is 0. The molecule has 0 spiro atoms. The molecule has 0 bridgehead atoms. The highest BCUT2D eigenvalue weighted by Crippen LogP contribution is 2.58. The van der Waals surface area contributed by atoms with Crippen molar-refractivity contribution in [3.8, 4) is 0 Å². The summed E-state index contributed by atoms with van der Waals surface area (Å²) in [5.41, 5.74) is 1.02. The molecule has 2 atom stereocenters. The van der Waals surface area contributed by atoms with E-state index in [1.165, 1.54) is 0 Å². The third-order valence-electron chi connectivity index (χ3n) is 4.40. The zero-order chi connectivity index (χ0) is 15.8. The van der Waals surface area contributed by atoms with E-state index in [4.69, 9.17) is 0 Å². The number of fused-ring (bicyclic) bond motifs is 1. The van der Waals surface area contributed by atoms with Gasteiger partial charge in [0.1, 0.15) is 0 Å². The molecule has 2 unspecified atom stereocenters. The molecule has 118 valence electrons. The van der Waals surface area contributed by atoms with Crippen molar-refractivity contribution in [2.24, 2.45) is 11.8 Å². The lowest BCUT2D eigenvalue weighted by atomic mass is 10.1. The molecule has 2 heterocycles. The van der Waals surface area contributed by atoms with Crippen LogP contribution in [0.1, 0.15) is 51.9 Å². The Morgan fingerprint density at radius 2 is 1.62 bits per heavy atom. The van der Waals surface area contributed by atoms with Crippen LogP contribution in [-0.2, 0) is 5.92 Å². The Kier molecular flexibility index (Phi) is 4.61. The van der Waals surface area contributed by atoms with E-state index in [9.17, 15) is 8.78 Å². The van der Waals surface area contributed by atoms with Gasteiger partial charge in [-0.3, -0.25) is 0 Å². The molecular formula is C16H25F2N3. The van der Waals surface area contributed by atoms with Gasteiger partial charge in [-0.1, -0.05) is 13.8 Å². The highest BCUT2D eigenvalue weighted by Gasteiger charge is 2.56. The molecule has 3 nitrogen and oxygen atoms in total. The smallest absolute Gasteiger partial charge is 0.300 e. The van der Waals surface area contributed by atoms with Gasteiger partial charge in [0.15, 0.2) is 5.82 Å². The van der Waals surface area contributed by atoms with Crippen molar-refractivity contribution in [2.45, 2.75) is 52.5 Å². The fourth-order valence-corrected chi connectivity index (χ4v) is 3.21. The molecule has 0 aromatic carbocycles. The number of alkyl halides is 2. The number of hydrogen-bond donors (Lipinski definition) is 0. The average Bonchev–Trinajstić information content (AvgIpc) is 2.94. The lowest BCUT2D eigenvalue weighted by Crippen LogP contribution is -2.31. The summed E-state index contributed by atoms with van der Waals surface area (Å²) >= 11 is 0. The SMILES string of the molecule is CC.CC(C)N1CC2C(C1)C2c1cnc(C(C)(F)F)nc1. The number of hydrogen-bond acceptors (Lipinski definition) is 3. The van der Waals surface area contributed by atoms with Gasteiger partial charge in [0.25, 0.3) is 0 Å². The fraction of sp³-hybridized carbons (Fsp3) is 0.750. The Hall–Kier alpha value is -1.10. The Balaban J connectivity index is 0.000000774. The minimum atomic E-state index is -2.95. The summed E-state index contributed by atoms with van der Waals surface area (Å²) in [7, 11) is 0. The third-order valence-corrected chi connectivity index (χ3v) is 4.40. The number of rotatable bonds is 3. The van der Waals surface area contributed by atoms with Crippen LogP contribution in [0.2, 0.25) is 0 Å². The molecule has 2 fully saturated rings. The zero-order valence-electron chi connectivity index (χ0n) is 13.5. The Morgan fingerprint density at radius 1 is 1.14 bits per heavy atom. The predicted octanol–water partition coefficient (Wildman–Crippen LogP) is 3.67. The van der Waals surface area contributed by atoms with Crippen molar-refractivity contribution in [2.75, 3.05) is 13.1 Å². The number of likely N-dealkylation sites (tertiary alicyclic amines) is 1. The van der Waals surface area contributed by atoms with E-state index in [1.54, 1.807) is 12.4 Å². The Bertz CT molecular complexity index is 455. The van der Waals surface area contributed by atoms with Crippen LogP contribution in [-0.4, -0.2) is 34.0 Å². The maximum atomic E-state index is 13.0. The van der Waals surface area contributed by atoms with Crippen LogP contribution >= 0.6 is 0 Å². The molecule has 1 aliphatic carbocycles. The van der Waals surface area contributed by atoms with Crippen molar-refractivity contribution in [3.05, 3.63) is 23.8 Å². The standard InChI is InChI=1S/C14H19F2N3.C2H6/c1-8(2)19-6-10-11(7-19)12(10)9-4-17-13(18-5-9)14(3,15)16;1-2/h4-5,8,10-12H,6-7H2,1-3H3;1-2H3. The van der Waals surface area contributed by atoms with Gasteiger partial charge in [-0.15, -0.1) is 0 Å². The molecule has 0 N–H and O–H groups in total. The van der Waals surface area contributed by atoms with Crippen molar-refractivity contribution in [3.63, 3.8) is 0 Å². The van der Waals surface area contributed by atoms with Crippen molar-refractivity contribution in [1.29, 1.82) is 0 Å². The van der Waals surface area contributed by atoms with Gasteiger partial charge >= 0.3 is 5.92 Å². The zero-order valence-corrected chi connectivity index (χ0v) is 13.5. The Labute approximate surface area is 125 Å². The first-order valence-electron chi connectivity index (χ1n) is 7.82. The molecule has 0 amide bonds. The van der Waals surface area contributed by atoms with Gasteiger partial charge in [-0.05, 0) is 37.2 Å². The van der Waals surface area contributed by atoms with Crippen molar-refractivity contribution >= 4 is 0 Å². The van der Waals surface area contributed by atoms with Gasteiger partial charge in [0.05, 0.1) is 0 Å². The van der Waals surface area contributed by atoms with E-state index in [2.05, 4.69) is 28.7 Å². The van der Waals surface area contributed by atoms with Crippen LogP contribution in [0.25, 0.3) is 0 Å². The largest absolute Gasteiger partial charge is 0.303 e. The maximum absolute atomic E-state index is 13.0. The number of aromatic nitrogens is 2. The van der Waals surface area contributed by atoms with Crippen LogP contribution in [0.5, 0.6) is 0 Å². The first kappa shape index (κ1) is 16.3. The van der Waals surface area contributed by atoms with E-state index in [0.29, 0.717) is 23.8 Å². The van der Waals surface area contributed by atoms with Crippen LogP contribution in [0, 0.1) is 11.8 Å². The quantitative estimate of drug-likeness (QED) is 0.852. The van der Waals surface area contributed by atoms with Gasteiger partial charge in [-0.2, -0.15) is 8.78 Å². The van der Waals surface area contributed by atoms with Crippen LogP contribution < -0.4 is 0 Å². The van der Waals surface area contributed by atoms with Crippen LogP contribution in [0.3, 0.4) is 0 Å². The second kappa shape index (κ2) is 5.95. The second-order valence-corrected chi connectivity index (χ2v) is 6.13. The first-order chi connectivity index (χ1) is 9.88. The van der Waals surface area contributed by atoms with Crippen molar-refractivity contribution < 1.29 is 8.78 Å². The van der Waals surface area contributed by atoms with Crippen molar-refractivity contribution in [1.82, 2.24) is 14.9 Å². The van der Waals surface area contributed by atoms with E-state index in [-0.39, 0.29) is 5.82 Å². The molecule has 1 aromatic heterocycles. The van der Waals surface area contributed by atoms with E-state index in [1.807, 2.05) is 13.8 Å². The molecule has 2 aliphatic rings. The summed E-state index contributed by atoms with van der Waals surface area (Å²) in [5.74, 6) is -1.52. The summed E-state index contributed by atoms with van der Waals surface area (Å²) < 4.78 is 26.1. The molecule has 1 aliphatic heterocycles. The van der Waals surface area contributed by atoms with Crippen LogP contribution in [0.4, 0.5) is 8.78 Å². The first-order valence-corrected chi connectivity index (χ1v) is 7.82. The lowest BCUT2D eigenvalue weighted by Gasteiger charge is -2.23. The molecule has 21 heavy (non-hydrogen) atoms. The predicted molar refractivity (Wildman–Crippen MR) is 79.4 cm³/mol. The Morgan fingerprint density at radius 3 is 2.00 bits per heavy atom. The fourth-order valence-electron chi connectivity index (χ4n) is 3.21. The summed E-state index contributed by atoms with van der Waals surface area (Å²) in [6.07, 6.45) is 3.17. The third kappa shape index (κ3) is 3.23.